The van der Waals surface area contributed by atoms with Gasteiger partial charge in [-0.1, -0.05) is 49.6 Å². The Morgan fingerprint density at radius 1 is 1.14 bits per heavy atom. The summed E-state index contributed by atoms with van der Waals surface area (Å²) in [4.78, 5) is 4.93. The summed E-state index contributed by atoms with van der Waals surface area (Å²) in [5.74, 6) is 0. The molecule has 21 heavy (non-hydrogen) atoms. The summed E-state index contributed by atoms with van der Waals surface area (Å²) < 4.78 is 0. The summed E-state index contributed by atoms with van der Waals surface area (Å²) in [7, 11) is 0. The molecule has 0 aromatic heterocycles. The first-order valence-corrected chi connectivity index (χ1v) is 8.35. The molecule has 1 aromatic carbocycles. The van der Waals surface area contributed by atoms with Crippen molar-refractivity contribution in [2.45, 2.75) is 45.8 Å². The summed E-state index contributed by atoms with van der Waals surface area (Å²) in [6.45, 7) is 10.6. The molecule has 0 amide bonds. The van der Waals surface area contributed by atoms with Crippen molar-refractivity contribution in [1.82, 2.24) is 9.80 Å². The fourth-order valence-corrected chi connectivity index (χ4v) is 3.03. The molecule has 1 aliphatic rings. The molecule has 1 aliphatic heterocycles. The fraction of sp³-hybridized carbons (Fsp3) is 0.667. The number of piperazine rings is 1. The van der Waals surface area contributed by atoms with Crippen LogP contribution in [0.2, 0.25) is 0 Å². The third kappa shape index (κ3) is 5.77. The van der Waals surface area contributed by atoms with Gasteiger partial charge in [0.25, 0.3) is 0 Å². The van der Waals surface area contributed by atoms with Gasteiger partial charge in [0.2, 0.25) is 0 Å². The lowest BCUT2D eigenvalue weighted by Crippen LogP contribution is -2.48. The molecule has 1 saturated heterocycles. The van der Waals surface area contributed by atoms with Crippen LogP contribution in [0.3, 0.4) is 0 Å². The third-order valence-corrected chi connectivity index (χ3v) is 4.31. The largest absolute Gasteiger partial charge is 0.392 e. The Bertz CT molecular complexity index is 413. The Hall–Kier alpha value is -0.900. The predicted octanol–water partition coefficient (Wildman–Crippen LogP) is 2.66. The standard InChI is InChI=1S/C18H30N2O/c1-3-4-8-18(21)15-20-11-9-19(10-12-20)14-17-7-5-6-16(2)13-17/h5-7,13,18,21H,3-4,8-12,14-15H2,1-2H3. The first kappa shape index (κ1) is 16.5. The number of unbranched alkanes of at least 4 members (excludes halogenated alkanes) is 1. The minimum atomic E-state index is -0.145. The van der Waals surface area contributed by atoms with Crippen molar-refractivity contribution in [3.8, 4) is 0 Å². The lowest BCUT2D eigenvalue weighted by molar-refractivity contribution is 0.0654. The molecule has 1 atom stereocenters. The Kier molecular flexibility index (Phi) is 6.68. The smallest absolute Gasteiger partial charge is 0.0667 e. The highest BCUT2D eigenvalue weighted by atomic mass is 16.3. The second-order valence-electron chi connectivity index (χ2n) is 6.36. The lowest BCUT2D eigenvalue weighted by atomic mass is 10.1. The molecule has 0 spiro atoms. The van der Waals surface area contributed by atoms with Crippen molar-refractivity contribution in [2.75, 3.05) is 32.7 Å². The van der Waals surface area contributed by atoms with Gasteiger partial charge in [-0.05, 0) is 18.9 Å². The van der Waals surface area contributed by atoms with Crippen molar-refractivity contribution >= 4 is 0 Å². The molecule has 1 unspecified atom stereocenters. The molecule has 3 nitrogen and oxygen atoms in total. The van der Waals surface area contributed by atoms with Crippen molar-refractivity contribution in [3.63, 3.8) is 0 Å². The molecule has 0 saturated carbocycles. The van der Waals surface area contributed by atoms with Gasteiger partial charge >= 0.3 is 0 Å². The first-order chi connectivity index (χ1) is 10.2. The molecular formula is C18H30N2O. The van der Waals surface area contributed by atoms with Crippen LogP contribution in [-0.4, -0.2) is 53.7 Å². The van der Waals surface area contributed by atoms with Crippen LogP contribution in [-0.2, 0) is 6.54 Å². The molecule has 2 rings (SSSR count). The summed E-state index contributed by atoms with van der Waals surface area (Å²) in [6, 6.07) is 8.79. The maximum atomic E-state index is 10.0. The Labute approximate surface area is 129 Å². The van der Waals surface area contributed by atoms with Crippen LogP contribution in [0.25, 0.3) is 0 Å². The van der Waals surface area contributed by atoms with E-state index in [0.29, 0.717) is 0 Å². The molecule has 0 aliphatic carbocycles. The predicted molar refractivity (Wildman–Crippen MR) is 88.4 cm³/mol. The van der Waals surface area contributed by atoms with E-state index in [1.54, 1.807) is 0 Å². The zero-order valence-electron chi connectivity index (χ0n) is 13.6. The maximum Gasteiger partial charge on any atom is 0.0667 e. The second-order valence-corrected chi connectivity index (χ2v) is 6.36. The van der Waals surface area contributed by atoms with E-state index in [1.807, 2.05) is 0 Å². The normalized spacial score (nSPS) is 18.8. The molecule has 1 fully saturated rings. The Morgan fingerprint density at radius 3 is 2.52 bits per heavy atom. The lowest BCUT2D eigenvalue weighted by Gasteiger charge is -2.35. The second kappa shape index (κ2) is 8.52. The van der Waals surface area contributed by atoms with Crippen LogP contribution in [0.5, 0.6) is 0 Å². The highest BCUT2D eigenvalue weighted by Crippen LogP contribution is 2.11. The van der Waals surface area contributed by atoms with Crippen molar-refractivity contribution in [3.05, 3.63) is 35.4 Å². The van der Waals surface area contributed by atoms with Crippen LogP contribution < -0.4 is 0 Å². The molecule has 1 heterocycles. The minimum absolute atomic E-state index is 0.145. The number of aryl methyl sites for hydroxylation is 1. The first-order valence-electron chi connectivity index (χ1n) is 8.35. The number of aliphatic hydroxyl groups excluding tert-OH is 1. The number of benzene rings is 1. The van der Waals surface area contributed by atoms with Gasteiger partial charge in [-0.2, -0.15) is 0 Å². The van der Waals surface area contributed by atoms with Gasteiger partial charge in [0.05, 0.1) is 6.10 Å². The molecule has 0 bridgehead atoms. The third-order valence-electron chi connectivity index (χ3n) is 4.31. The molecule has 118 valence electrons. The molecule has 0 radical (unpaired) electrons. The quantitative estimate of drug-likeness (QED) is 0.836. The van der Waals surface area contributed by atoms with Crippen LogP contribution in [0, 0.1) is 6.92 Å². The maximum absolute atomic E-state index is 10.0. The zero-order chi connectivity index (χ0) is 15.1. The van der Waals surface area contributed by atoms with E-state index < -0.39 is 0 Å². The van der Waals surface area contributed by atoms with Crippen LogP contribution in [0.4, 0.5) is 0 Å². The number of nitrogens with zero attached hydrogens (tertiary/aromatic N) is 2. The number of hydrogen-bond donors (Lipinski definition) is 1. The molecule has 1 N–H and O–H groups in total. The number of β-amino-alcohol motifs (C(OH)–C–C–N with tert-alkyl or cyclic N) is 1. The topological polar surface area (TPSA) is 26.7 Å². The summed E-state index contributed by atoms with van der Waals surface area (Å²) in [5, 5.41) is 10.0. The fourth-order valence-electron chi connectivity index (χ4n) is 3.03. The van der Waals surface area contributed by atoms with Gasteiger partial charge in [-0.3, -0.25) is 9.80 Å². The molecule has 3 heteroatoms. The average Bonchev–Trinajstić information content (AvgIpc) is 2.47. The van der Waals surface area contributed by atoms with E-state index in [4.69, 9.17) is 0 Å². The van der Waals surface area contributed by atoms with Gasteiger partial charge in [-0.25, -0.2) is 0 Å². The highest BCUT2D eigenvalue weighted by molar-refractivity contribution is 5.22. The Morgan fingerprint density at radius 2 is 1.86 bits per heavy atom. The van der Waals surface area contributed by atoms with Gasteiger partial charge in [0, 0.05) is 39.3 Å². The number of hydrogen-bond acceptors (Lipinski definition) is 3. The monoisotopic (exact) mass is 290 g/mol. The van der Waals surface area contributed by atoms with Gasteiger partial charge < -0.3 is 5.11 Å². The van der Waals surface area contributed by atoms with Crippen LogP contribution in [0.15, 0.2) is 24.3 Å². The van der Waals surface area contributed by atoms with E-state index >= 15 is 0 Å². The van der Waals surface area contributed by atoms with E-state index in [1.165, 1.54) is 17.5 Å². The molecular weight excluding hydrogens is 260 g/mol. The van der Waals surface area contributed by atoms with Crippen LogP contribution in [0.1, 0.15) is 37.3 Å². The van der Waals surface area contributed by atoms with E-state index in [0.717, 1.165) is 52.1 Å². The van der Waals surface area contributed by atoms with Gasteiger partial charge in [0.15, 0.2) is 0 Å². The zero-order valence-corrected chi connectivity index (χ0v) is 13.6. The average molecular weight is 290 g/mol. The SMILES string of the molecule is CCCCC(O)CN1CCN(Cc2cccc(C)c2)CC1. The Balaban J connectivity index is 1.70. The highest BCUT2D eigenvalue weighted by Gasteiger charge is 2.19. The van der Waals surface area contributed by atoms with E-state index in [9.17, 15) is 5.11 Å². The van der Waals surface area contributed by atoms with Gasteiger partial charge in [-0.15, -0.1) is 0 Å². The number of rotatable bonds is 7. The number of aliphatic hydroxyl groups is 1. The molecule has 1 aromatic rings. The van der Waals surface area contributed by atoms with E-state index in [2.05, 4.69) is 47.9 Å². The van der Waals surface area contributed by atoms with E-state index in [-0.39, 0.29) is 6.10 Å². The van der Waals surface area contributed by atoms with Gasteiger partial charge in [0.1, 0.15) is 0 Å². The summed E-state index contributed by atoms with van der Waals surface area (Å²) in [5.41, 5.74) is 2.75. The summed E-state index contributed by atoms with van der Waals surface area (Å²) in [6.07, 6.45) is 3.10. The van der Waals surface area contributed by atoms with Crippen molar-refractivity contribution < 1.29 is 5.11 Å². The van der Waals surface area contributed by atoms with Crippen LogP contribution >= 0.6 is 0 Å². The van der Waals surface area contributed by atoms with Crippen molar-refractivity contribution in [2.24, 2.45) is 0 Å². The minimum Gasteiger partial charge on any atom is -0.392 e. The summed E-state index contributed by atoms with van der Waals surface area (Å²) >= 11 is 0. The van der Waals surface area contributed by atoms with Crippen molar-refractivity contribution in [1.29, 1.82) is 0 Å².